The van der Waals surface area contributed by atoms with E-state index < -0.39 is 5.25 Å². The van der Waals surface area contributed by atoms with Gasteiger partial charge in [-0.05, 0) is 23.6 Å². The highest BCUT2D eigenvalue weighted by atomic mass is 32.2. The Morgan fingerprint density at radius 2 is 1.76 bits per heavy atom. The second-order valence-corrected chi connectivity index (χ2v) is 7.12. The summed E-state index contributed by atoms with van der Waals surface area (Å²) < 4.78 is 0. The summed E-state index contributed by atoms with van der Waals surface area (Å²) in [5, 5.41) is 7.45. The van der Waals surface area contributed by atoms with Gasteiger partial charge in [-0.15, -0.1) is 11.8 Å². The highest BCUT2D eigenvalue weighted by Gasteiger charge is 2.28. The van der Waals surface area contributed by atoms with E-state index in [0.29, 0.717) is 0 Å². The van der Waals surface area contributed by atoms with E-state index in [1.165, 1.54) is 11.8 Å². The van der Waals surface area contributed by atoms with Crippen molar-refractivity contribution in [2.75, 3.05) is 10.6 Å². The largest absolute Gasteiger partial charge is 0.325 e. The van der Waals surface area contributed by atoms with Crippen LogP contribution in [0.25, 0.3) is 10.8 Å². The van der Waals surface area contributed by atoms with Gasteiger partial charge >= 0.3 is 0 Å². The molecule has 2 amide bonds. The zero-order chi connectivity index (χ0) is 17.2. The summed E-state index contributed by atoms with van der Waals surface area (Å²) in [6.07, 6.45) is 0.133. The molecule has 0 unspecified atom stereocenters. The number of fused-ring (bicyclic) bond motifs is 2. The molecule has 0 aromatic heterocycles. The molecular formula is C20H16N2O2S. The minimum absolute atomic E-state index is 0.128. The maximum absolute atomic E-state index is 12.5. The van der Waals surface area contributed by atoms with Crippen molar-refractivity contribution in [3.8, 4) is 0 Å². The van der Waals surface area contributed by atoms with Crippen molar-refractivity contribution in [2.24, 2.45) is 0 Å². The summed E-state index contributed by atoms with van der Waals surface area (Å²) in [5.74, 6) is -0.292. The van der Waals surface area contributed by atoms with E-state index in [0.717, 1.165) is 27.0 Å². The first-order valence-electron chi connectivity index (χ1n) is 8.05. The van der Waals surface area contributed by atoms with Crippen LogP contribution in [-0.2, 0) is 9.59 Å². The fourth-order valence-corrected chi connectivity index (χ4v) is 4.04. The number of amides is 2. The van der Waals surface area contributed by atoms with Gasteiger partial charge in [-0.2, -0.15) is 0 Å². The Morgan fingerprint density at radius 3 is 2.68 bits per heavy atom. The summed E-state index contributed by atoms with van der Waals surface area (Å²) in [6, 6.07) is 21.3. The predicted octanol–water partition coefficient (Wildman–Crippen LogP) is 4.28. The molecule has 1 aliphatic rings. The van der Waals surface area contributed by atoms with Crippen LogP contribution < -0.4 is 10.6 Å². The molecule has 2 N–H and O–H groups in total. The highest BCUT2D eigenvalue weighted by molar-refractivity contribution is 8.01. The smallest absolute Gasteiger partial charge is 0.238 e. The van der Waals surface area contributed by atoms with Gasteiger partial charge < -0.3 is 10.6 Å². The Hall–Kier alpha value is -2.79. The predicted molar refractivity (Wildman–Crippen MR) is 102 cm³/mol. The standard InChI is InChI=1S/C20H16N2O2S/c23-19(21-15-10-5-7-13-6-1-2-8-14(13)15)12-18-20(24)22-16-9-3-4-11-17(16)25-18/h1-11,18H,12H2,(H,21,23)(H,22,24)/t18-/m1/s1. The van der Waals surface area contributed by atoms with Crippen molar-refractivity contribution < 1.29 is 9.59 Å². The number of anilines is 2. The maximum atomic E-state index is 12.5. The van der Waals surface area contributed by atoms with Gasteiger partial charge in [-0.3, -0.25) is 9.59 Å². The number of benzene rings is 3. The molecule has 3 aromatic rings. The molecule has 1 atom stereocenters. The van der Waals surface area contributed by atoms with Crippen LogP contribution in [0.15, 0.2) is 71.6 Å². The Bertz CT molecular complexity index is 965. The molecule has 0 bridgehead atoms. The number of carbonyl (C=O) groups excluding carboxylic acids is 2. The van der Waals surface area contributed by atoms with Gasteiger partial charge in [0.2, 0.25) is 11.8 Å². The Labute approximate surface area is 149 Å². The fourth-order valence-electron chi connectivity index (χ4n) is 2.93. The van der Waals surface area contributed by atoms with Crippen LogP contribution in [0.3, 0.4) is 0 Å². The van der Waals surface area contributed by atoms with Crippen LogP contribution >= 0.6 is 11.8 Å². The van der Waals surface area contributed by atoms with Gasteiger partial charge in [0, 0.05) is 22.4 Å². The van der Waals surface area contributed by atoms with Crippen molar-refractivity contribution in [1.29, 1.82) is 0 Å². The summed E-state index contributed by atoms with van der Waals surface area (Å²) in [5.41, 5.74) is 1.58. The molecule has 3 aromatic carbocycles. The van der Waals surface area contributed by atoms with Crippen LogP contribution in [0.4, 0.5) is 11.4 Å². The van der Waals surface area contributed by atoms with Crippen LogP contribution in [-0.4, -0.2) is 17.1 Å². The lowest BCUT2D eigenvalue weighted by molar-refractivity contribution is -0.120. The summed E-state index contributed by atoms with van der Waals surface area (Å²) in [7, 11) is 0. The lowest BCUT2D eigenvalue weighted by Crippen LogP contribution is -2.32. The van der Waals surface area contributed by atoms with Crippen LogP contribution in [0, 0.1) is 0 Å². The Morgan fingerprint density at radius 1 is 1.00 bits per heavy atom. The molecule has 25 heavy (non-hydrogen) atoms. The topological polar surface area (TPSA) is 58.2 Å². The molecule has 4 rings (SSSR count). The minimum atomic E-state index is -0.426. The average Bonchev–Trinajstić information content (AvgIpc) is 2.63. The first kappa shape index (κ1) is 15.7. The Balaban J connectivity index is 1.50. The average molecular weight is 348 g/mol. The van der Waals surface area contributed by atoms with E-state index in [1.807, 2.05) is 66.7 Å². The van der Waals surface area contributed by atoms with E-state index >= 15 is 0 Å². The van der Waals surface area contributed by atoms with Gasteiger partial charge in [0.15, 0.2) is 0 Å². The SMILES string of the molecule is O=C(C[C@H]1Sc2ccccc2NC1=O)Nc1cccc2ccccc12. The molecule has 0 radical (unpaired) electrons. The number of hydrogen-bond donors (Lipinski definition) is 2. The number of carbonyl (C=O) groups is 2. The molecule has 1 heterocycles. The molecule has 0 saturated carbocycles. The molecule has 0 spiro atoms. The van der Waals surface area contributed by atoms with E-state index in [-0.39, 0.29) is 18.2 Å². The molecule has 4 nitrogen and oxygen atoms in total. The first-order chi connectivity index (χ1) is 12.2. The zero-order valence-electron chi connectivity index (χ0n) is 13.4. The van der Waals surface area contributed by atoms with Gasteiger partial charge in [-0.25, -0.2) is 0 Å². The number of nitrogens with one attached hydrogen (secondary N) is 2. The maximum Gasteiger partial charge on any atom is 0.238 e. The fraction of sp³-hybridized carbons (Fsp3) is 0.100. The zero-order valence-corrected chi connectivity index (χ0v) is 14.2. The normalized spacial score (nSPS) is 16.2. The number of thioether (sulfide) groups is 1. The van der Waals surface area contributed by atoms with Gasteiger partial charge in [0.1, 0.15) is 0 Å². The van der Waals surface area contributed by atoms with E-state index in [2.05, 4.69) is 10.6 Å². The molecule has 0 fully saturated rings. The van der Waals surface area contributed by atoms with E-state index in [4.69, 9.17) is 0 Å². The quantitative estimate of drug-likeness (QED) is 0.743. The van der Waals surface area contributed by atoms with Crippen molar-refractivity contribution in [2.45, 2.75) is 16.6 Å². The van der Waals surface area contributed by atoms with Crippen LogP contribution in [0.1, 0.15) is 6.42 Å². The van der Waals surface area contributed by atoms with Crippen LogP contribution in [0.2, 0.25) is 0 Å². The van der Waals surface area contributed by atoms with Crippen molar-refractivity contribution in [3.05, 3.63) is 66.7 Å². The molecule has 1 aliphatic heterocycles. The monoisotopic (exact) mass is 348 g/mol. The summed E-state index contributed by atoms with van der Waals surface area (Å²) >= 11 is 1.43. The third-order valence-electron chi connectivity index (χ3n) is 4.14. The van der Waals surface area contributed by atoms with Crippen molar-refractivity contribution in [3.63, 3.8) is 0 Å². The lowest BCUT2D eigenvalue weighted by Gasteiger charge is -2.23. The third kappa shape index (κ3) is 3.23. The molecule has 0 saturated heterocycles. The molecule has 5 heteroatoms. The van der Waals surface area contributed by atoms with Gasteiger partial charge in [0.05, 0.1) is 10.9 Å². The second kappa shape index (κ2) is 6.61. The van der Waals surface area contributed by atoms with Crippen LogP contribution in [0.5, 0.6) is 0 Å². The first-order valence-corrected chi connectivity index (χ1v) is 8.93. The van der Waals surface area contributed by atoms with Crippen molar-refractivity contribution >= 4 is 45.7 Å². The third-order valence-corrected chi connectivity index (χ3v) is 5.42. The molecule has 0 aliphatic carbocycles. The second-order valence-electron chi connectivity index (χ2n) is 5.87. The number of para-hydroxylation sites is 1. The Kier molecular flexibility index (Phi) is 4.15. The molecular weight excluding hydrogens is 332 g/mol. The lowest BCUT2D eigenvalue weighted by atomic mass is 10.1. The van der Waals surface area contributed by atoms with E-state index in [1.54, 1.807) is 0 Å². The number of hydrogen-bond acceptors (Lipinski definition) is 3. The minimum Gasteiger partial charge on any atom is -0.325 e. The number of rotatable bonds is 3. The van der Waals surface area contributed by atoms with Gasteiger partial charge in [-0.1, -0.05) is 48.5 Å². The summed E-state index contributed by atoms with van der Waals surface area (Å²) in [6.45, 7) is 0. The highest BCUT2D eigenvalue weighted by Crippen LogP contribution is 2.36. The van der Waals surface area contributed by atoms with E-state index in [9.17, 15) is 9.59 Å². The van der Waals surface area contributed by atoms with Gasteiger partial charge in [0.25, 0.3) is 0 Å². The summed E-state index contributed by atoms with van der Waals surface area (Å²) in [4.78, 5) is 25.7. The van der Waals surface area contributed by atoms with Crippen molar-refractivity contribution in [1.82, 2.24) is 0 Å². The molecule has 124 valence electrons.